The van der Waals surface area contributed by atoms with Crippen LogP contribution in [0.5, 0.6) is 0 Å². The molecular formula is C30H28. The zero-order chi connectivity index (χ0) is 20.9. The molecule has 4 aromatic carbocycles. The lowest BCUT2D eigenvalue weighted by molar-refractivity contribution is 0.659. The lowest BCUT2D eigenvalue weighted by Gasteiger charge is -2.24. The Kier molecular flexibility index (Phi) is 4.40. The number of hydrogen-bond acceptors (Lipinski definition) is 0. The minimum atomic E-state index is 0.0209. The van der Waals surface area contributed by atoms with Gasteiger partial charge in [0.1, 0.15) is 0 Å². The van der Waals surface area contributed by atoms with Gasteiger partial charge in [0.05, 0.1) is 0 Å². The van der Waals surface area contributed by atoms with Gasteiger partial charge in [0.25, 0.3) is 0 Å². The van der Waals surface area contributed by atoms with Gasteiger partial charge in [0.2, 0.25) is 0 Å². The van der Waals surface area contributed by atoms with Crippen LogP contribution in [0.25, 0.3) is 11.1 Å². The molecule has 1 aliphatic rings. The summed E-state index contributed by atoms with van der Waals surface area (Å²) in [6.45, 7) is 9.02. The molecule has 0 heterocycles. The van der Waals surface area contributed by atoms with Crippen LogP contribution in [0.1, 0.15) is 58.7 Å². The number of hydrogen-bond donors (Lipinski definition) is 0. The highest BCUT2D eigenvalue weighted by atomic mass is 14.4. The average Bonchev–Trinajstić information content (AvgIpc) is 2.98. The molecule has 1 aliphatic carbocycles. The summed E-state index contributed by atoms with van der Waals surface area (Å²) in [5, 5.41) is 0. The summed E-state index contributed by atoms with van der Waals surface area (Å²) in [6.07, 6.45) is 0. The van der Waals surface area contributed by atoms with Crippen LogP contribution in [-0.4, -0.2) is 0 Å². The standard InChI is InChI=1S/C30H28/c1-20-9-13-22(14-10-20)29(23-15-11-21(2)12-16-23)24-17-18-26-25-7-5-6-8-27(25)30(3,4)28(26)19-24/h5-19,29H,1-4H3. The summed E-state index contributed by atoms with van der Waals surface area (Å²) in [7, 11) is 0. The highest BCUT2D eigenvalue weighted by molar-refractivity contribution is 5.81. The SMILES string of the molecule is Cc1ccc(C(c2ccc(C)cc2)c2ccc3c(c2)C(C)(C)c2ccccc2-3)cc1. The van der Waals surface area contributed by atoms with Gasteiger partial charge in [0, 0.05) is 11.3 Å². The molecule has 0 nitrogen and oxygen atoms in total. The van der Waals surface area contributed by atoms with Crippen LogP contribution < -0.4 is 0 Å². The first-order valence-corrected chi connectivity index (χ1v) is 10.8. The van der Waals surface area contributed by atoms with E-state index < -0.39 is 0 Å². The number of benzene rings is 4. The van der Waals surface area contributed by atoms with E-state index in [4.69, 9.17) is 0 Å². The van der Waals surface area contributed by atoms with E-state index >= 15 is 0 Å². The lowest BCUT2D eigenvalue weighted by Crippen LogP contribution is -2.15. The van der Waals surface area contributed by atoms with E-state index in [2.05, 4.69) is 119 Å². The molecule has 0 aliphatic heterocycles. The Labute approximate surface area is 180 Å². The Morgan fingerprint density at radius 3 is 1.63 bits per heavy atom. The molecule has 30 heavy (non-hydrogen) atoms. The Morgan fingerprint density at radius 1 is 0.533 bits per heavy atom. The van der Waals surface area contributed by atoms with Crippen molar-refractivity contribution in [3.05, 3.63) is 130 Å². The third-order valence-electron chi connectivity index (χ3n) is 6.76. The maximum absolute atomic E-state index is 2.46. The molecule has 0 saturated heterocycles. The van der Waals surface area contributed by atoms with E-state index in [1.807, 2.05) is 0 Å². The predicted octanol–water partition coefficient (Wildman–Crippen LogP) is 7.79. The molecule has 0 saturated carbocycles. The van der Waals surface area contributed by atoms with E-state index in [0.717, 1.165) is 0 Å². The normalized spacial score (nSPS) is 13.9. The van der Waals surface area contributed by atoms with Gasteiger partial charge in [-0.05, 0) is 52.8 Å². The molecule has 0 amide bonds. The number of rotatable bonds is 3. The molecule has 0 bridgehead atoms. The predicted molar refractivity (Wildman–Crippen MR) is 127 cm³/mol. The summed E-state index contributed by atoms with van der Waals surface area (Å²) in [6, 6.07) is 34.0. The first-order chi connectivity index (χ1) is 14.4. The van der Waals surface area contributed by atoms with Crippen LogP contribution >= 0.6 is 0 Å². The summed E-state index contributed by atoms with van der Waals surface area (Å²) in [5.74, 6) is 0.232. The molecule has 0 atom stereocenters. The van der Waals surface area contributed by atoms with E-state index in [1.54, 1.807) is 0 Å². The molecule has 0 heteroatoms. The van der Waals surface area contributed by atoms with Crippen molar-refractivity contribution in [1.29, 1.82) is 0 Å². The van der Waals surface area contributed by atoms with Crippen molar-refractivity contribution in [2.24, 2.45) is 0 Å². The quantitative estimate of drug-likeness (QED) is 0.314. The molecule has 0 fully saturated rings. The van der Waals surface area contributed by atoms with E-state index in [0.29, 0.717) is 0 Å². The fourth-order valence-electron chi connectivity index (χ4n) is 5.00. The third kappa shape index (κ3) is 2.99. The van der Waals surface area contributed by atoms with Gasteiger partial charge in [0.15, 0.2) is 0 Å². The zero-order valence-electron chi connectivity index (χ0n) is 18.2. The second-order valence-electron chi connectivity index (χ2n) is 9.23. The molecule has 5 rings (SSSR count). The molecule has 0 unspecified atom stereocenters. The van der Waals surface area contributed by atoms with Crippen LogP contribution in [0.15, 0.2) is 91.0 Å². The van der Waals surface area contributed by atoms with Gasteiger partial charge in [-0.25, -0.2) is 0 Å². The van der Waals surface area contributed by atoms with Gasteiger partial charge in [-0.15, -0.1) is 0 Å². The first kappa shape index (κ1) is 18.9. The Bertz CT molecular complexity index is 1160. The smallest absolute Gasteiger partial charge is 0.0340 e. The Balaban J connectivity index is 1.69. The van der Waals surface area contributed by atoms with Crippen LogP contribution in [0.4, 0.5) is 0 Å². The average molecular weight is 389 g/mol. The highest BCUT2D eigenvalue weighted by Crippen LogP contribution is 2.49. The molecular weight excluding hydrogens is 360 g/mol. The number of fused-ring (bicyclic) bond motifs is 3. The summed E-state index contributed by atoms with van der Waals surface area (Å²) in [5.41, 5.74) is 12.3. The van der Waals surface area contributed by atoms with Crippen molar-refractivity contribution in [1.82, 2.24) is 0 Å². The van der Waals surface area contributed by atoms with Crippen molar-refractivity contribution >= 4 is 0 Å². The largest absolute Gasteiger partial charge is 0.0619 e. The van der Waals surface area contributed by atoms with Gasteiger partial charge < -0.3 is 0 Å². The minimum Gasteiger partial charge on any atom is -0.0619 e. The van der Waals surface area contributed by atoms with Gasteiger partial charge in [-0.2, -0.15) is 0 Å². The summed E-state index contributed by atoms with van der Waals surface area (Å²) >= 11 is 0. The van der Waals surface area contributed by atoms with E-state index in [9.17, 15) is 0 Å². The molecule has 4 aromatic rings. The molecule has 0 N–H and O–H groups in total. The zero-order valence-corrected chi connectivity index (χ0v) is 18.2. The van der Waals surface area contributed by atoms with Gasteiger partial charge in [-0.3, -0.25) is 0 Å². The molecule has 0 aromatic heterocycles. The lowest BCUT2D eigenvalue weighted by atomic mass is 9.79. The van der Waals surface area contributed by atoms with Crippen LogP contribution in [-0.2, 0) is 5.41 Å². The van der Waals surface area contributed by atoms with Gasteiger partial charge in [-0.1, -0.05) is 116 Å². The highest BCUT2D eigenvalue weighted by Gasteiger charge is 2.35. The van der Waals surface area contributed by atoms with Crippen molar-refractivity contribution < 1.29 is 0 Å². The molecule has 0 spiro atoms. The van der Waals surface area contributed by atoms with E-state index in [-0.39, 0.29) is 11.3 Å². The Morgan fingerprint density at radius 2 is 1.03 bits per heavy atom. The Hall–Kier alpha value is -3.12. The third-order valence-corrected chi connectivity index (χ3v) is 6.76. The van der Waals surface area contributed by atoms with Crippen molar-refractivity contribution in [3.8, 4) is 11.1 Å². The fourth-order valence-corrected chi connectivity index (χ4v) is 5.00. The van der Waals surface area contributed by atoms with Crippen LogP contribution in [0.3, 0.4) is 0 Å². The maximum Gasteiger partial charge on any atom is 0.0340 e. The monoisotopic (exact) mass is 388 g/mol. The van der Waals surface area contributed by atoms with Crippen molar-refractivity contribution in [3.63, 3.8) is 0 Å². The molecule has 0 radical (unpaired) electrons. The fraction of sp³-hybridized carbons (Fsp3) is 0.200. The second kappa shape index (κ2) is 6.99. The van der Waals surface area contributed by atoms with Crippen molar-refractivity contribution in [2.45, 2.75) is 39.0 Å². The molecule has 148 valence electrons. The second-order valence-corrected chi connectivity index (χ2v) is 9.23. The van der Waals surface area contributed by atoms with Crippen molar-refractivity contribution in [2.75, 3.05) is 0 Å². The summed E-state index contributed by atoms with van der Waals surface area (Å²) < 4.78 is 0. The minimum absolute atomic E-state index is 0.0209. The van der Waals surface area contributed by atoms with Crippen LogP contribution in [0, 0.1) is 13.8 Å². The van der Waals surface area contributed by atoms with Crippen LogP contribution in [0.2, 0.25) is 0 Å². The topological polar surface area (TPSA) is 0 Å². The number of aryl methyl sites for hydroxylation is 2. The van der Waals surface area contributed by atoms with E-state index in [1.165, 1.54) is 50.1 Å². The van der Waals surface area contributed by atoms with Gasteiger partial charge >= 0.3 is 0 Å². The summed E-state index contributed by atoms with van der Waals surface area (Å²) in [4.78, 5) is 0. The first-order valence-electron chi connectivity index (χ1n) is 10.8. The maximum atomic E-state index is 2.46.